The lowest BCUT2D eigenvalue weighted by Crippen LogP contribution is -2.38. The van der Waals surface area contributed by atoms with Gasteiger partial charge in [0, 0.05) is 85.6 Å². The van der Waals surface area contributed by atoms with E-state index in [1.165, 1.54) is 38.5 Å². The fraction of sp³-hybridized carbons (Fsp3) is 0.524. The normalized spacial score (nSPS) is 13.4. The number of methoxy groups -OCH3 is 2. The maximum absolute atomic E-state index is 6.01. The summed E-state index contributed by atoms with van der Waals surface area (Å²) in [5.74, 6) is 5.93. The van der Waals surface area contributed by atoms with Gasteiger partial charge in [-0.1, -0.05) is 12.8 Å². The number of aryl methyl sites for hydroxylation is 2. The predicted molar refractivity (Wildman–Crippen MR) is 233 cm³/mol. The largest absolute Gasteiger partial charge is 0.493 e. The van der Waals surface area contributed by atoms with Crippen molar-refractivity contribution in [3.8, 4) is 23.0 Å². The average molecular weight is 807 g/mol. The maximum Gasteiger partial charge on any atom is 0.229 e. The molecule has 2 heterocycles. The van der Waals surface area contributed by atoms with Crippen molar-refractivity contribution in [1.29, 1.82) is 0 Å². The van der Waals surface area contributed by atoms with Gasteiger partial charge in [0.15, 0.2) is 23.0 Å². The number of aromatic nitrogens is 4. The summed E-state index contributed by atoms with van der Waals surface area (Å²) >= 11 is 5.68. The number of benzene rings is 2. The third kappa shape index (κ3) is 14.9. The van der Waals surface area contributed by atoms with Crippen LogP contribution in [0.4, 0.5) is 34.9 Å². The Balaban J connectivity index is 0.000000223. The Labute approximate surface area is 344 Å². The molecule has 0 atom stereocenters. The van der Waals surface area contributed by atoms with Gasteiger partial charge in [0.1, 0.15) is 11.6 Å². The Morgan fingerprint density at radius 3 is 1.53 bits per heavy atom. The van der Waals surface area contributed by atoms with Crippen LogP contribution in [0.5, 0.6) is 23.0 Å². The van der Waals surface area contributed by atoms with Crippen LogP contribution < -0.4 is 45.5 Å². The number of rotatable bonds is 19. The fourth-order valence-electron chi connectivity index (χ4n) is 5.94. The molecular formula is C42H63ClN10O4. The van der Waals surface area contributed by atoms with Crippen LogP contribution in [0.15, 0.2) is 48.5 Å². The molecular weight excluding hydrogens is 744 g/mol. The standard InChI is InChI=1S/C21H31N5O2.C16H21ClN4O2.C5H11N/c1-15-13-20(22-2)25-21(23-15)24-16-9-10-18(27-4)19(14-16)28-12-6-11-26(3)17-7-5-8-17;1-11-9-15(18-2)21-16(19-11)20-12-5-6-13(22-3)14(10-12)23-8-4-7-17;1-6-5-3-2-4-5/h9-10,13-14,17H,5-8,11-12H2,1-4H3,(H2,22,23,24,25);5-6,9-10H,4,7-8H2,1-3H3,(H2,18,19,20,21);5-6H,2-4H2,1H3. The molecule has 2 aromatic heterocycles. The second kappa shape index (κ2) is 24.1. The van der Waals surface area contributed by atoms with Gasteiger partial charge in [-0.15, -0.1) is 11.6 Å². The first-order chi connectivity index (χ1) is 27.7. The molecule has 2 saturated carbocycles. The SMILES string of the molecule is CNC1CCC1.CNc1cc(C)nc(Nc2ccc(OC)c(OCCCCl)c2)n1.CNc1cc(C)nc(Nc2ccc(OC)c(OCCCN(C)C3CCC3)c2)n1. The van der Waals surface area contributed by atoms with E-state index in [1.54, 1.807) is 14.2 Å². The van der Waals surface area contributed by atoms with Crippen molar-refractivity contribution in [2.75, 3.05) is 89.3 Å². The van der Waals surface area contributed by atoms with Crippen LogP contribution in [0.3, 0.4) is 0 Å². The number of hydrogen-bond acceptors (Lipinski definition) is 14. The Bertz CT molecular complexity index is 1790. The second-order valence-corrected chi connectivity index (χ2v) is 14.4. The van der Waals surface area contributed by atoms with Gasteiger partial charge in [-0.05, 0) is 90.7 Å². The topological polar surface area (TPSA) is 152 Å². The lowest BCUT2D eigenvalue weighted by Gasteiger charge is -2.34. The molecule has 2 aromatic carbocycles. The van der Waals surface area contributed by atoms with Crippen molar-refractivity contribution in [2.45, 2.75) is 77.3 Å². The monoisotopic (exact) mass is 806 g/mol. The highest BCUT2D eigenvalue weighted by Gasteiger charge is 2.21. The predicted octanol–water partition coefficient (Wildman–Crippen LogP) is 8.18. The number of hydrogen-bond donors (Lipinski definition) is 5. The van der Waals surface area contributed by atoms with E-state index in [4.69, 9.17) is 30.5 Å². The van der Waals surface area contributed by atoms with Crippen LogP contribution in [0, 0.1) is 13.8 Å². The lowest BCUT2D eigenvalue weighted by atomic mass is 9.92. The molecule has 2 aliphatic rings. The summed E-state index contributed by atoms with van der Waals surface area (Å²) in [5, 5.41) is 15.7. The molecule has 0 saturated heterocycles. The van der Waals surface area contributed by atoms with Crippen LogP contribution in [-0.4, -0.2) is 105 Å². The van der Waals surface area contributed by atoms with E-state index in [0.29, 0.717) is 42.5 Å². The van der Waals surface area contributed by atoms with Gasteiger partial charge < -0.3 is 50.4 Å². The van der Waals surface area contributed by atoms with E-state index >= 15 is 0 Å². The molecule has 0 spiro atoms. The molecule has 6 rings (SSSR count). The smallest absolute Gasteiger partial charge is 0.229 e. The summed E-state index contributed by atoms with van der Waals surface area (Å²) in [6, 6.07) is 16.7. The van der Waals surface area contributed by atoms with Crippen LogP contribution in [0.1, 0.15) is 62.8 Å². The zero-order valence-electron chi connectivity index (χ0n) is 35.0. The summed E-state index contributed by atoms with van der Waals surface area (Å²) in [7, 11) is 11.2. The molecule has 14 nitrogen and oxygen atoms in total. The van der Waals surface area contributed by atoms with E-state index in [0.717, 1.165) is 77.4 Å². The molecule has 57 heavy (non-hydrogen) atoms. The molecule has 2 aliphatic carbocycles. The van der Waals surface area contributed by atoms with Crippen LogP contribution in [-0.2, 0) is 0 Å². The van der Waals surface area contributed by atoms with Crippen LogP contribution >= 0.6 is 11.6 Å². The summed E-state index contributed by atoms with van der Waals surface area (Å²) < 4.78 is 22.5. The molecule has 0 amide bonds. The number of ether oxygens (including phenoxy) is 4. The van der Waals surface area contributed by atoms with E-state index < -0.39 is 0 Å². The number of nitrogens with one attached hydrogen (secondary N) is 5. The van der Waals surface area contributed by atoms with E-state index in [9.17, 15) is 0 Å². The van der Waals surface area contributed by atoms with Gasteiger partial charge in [0.2, 0.25) is 11.9 Å². The summed E-state index contributed by atoms with van der Waals surface area (Å²) in [6.07, 6.45) is 10.0. The van der Waals surface area contributed by atoms with Crippen molar-refractivity contribution in [2.24, 2.45) is 0 Å². The first-order valence-electron chi connectivity index (χ1n) is 19.8. The number of nitrogens with zero attached hydrogens (tertiary/aromatic N) is 5. The molecule has 0 aliphatic heterocycles. The van der Waals surface area contributed by atoms with E-state index in [1.807, 2.05) is 83.5 Å². The molecule has 0 bridgehead atoms. The first kappa shape index (κ1) is 44.9. The first-order valence-corrected chi connectivity index (χ1v) is 20.4. The Kier molecular flexibility index (Phi) is 19.0. The quantitative estimate of drug-likeness (QED) is 0.0458. The number of anilines is 6. The van der Waals surface area contributed by atoms with Crippen molar-refractivity contribution in [1.82, 2.24) is 30.2 Å². The molecule has 0 radical (unpaired) electrons. The molecule has 0 unspecified atom stereocenters. The highest BCUT2D eigenvalue weighted by molar-refractivity contribution is 6.17. The molecule has 2 fully saturated rings. The van der Waals surface area contributed by atoms with Gasteiger partial charge in [0.25, 0.3) is 0 Å². The number of halogens is 1. The van der Waals surface area contributed by atoms with Gasteiger partial charge >= 0.3 is 0 Å². The Morgan fingerprint density at radius 1 is 0.667 bits per heavy atom. The van der Waals surface area contributed by atoms with Gasteiger partial charge in [-0.2, -0.15) is 9.97 Å². The highest BCUT2D eigenvalue weighted by atomic mass is 35.5. The van der Waals surface area contributed by atoms with Crippen molar-refractivity contribution in [3.05, 3.63) is 59.9 Å². The molecule has 15 heteroatoms. The van der Waals surface area contributed by atoms with Crippen LogP contribution in [0.2, 0.25) is 0 Å². The average Bonchev–Trinajstić information content (AvgIpc) is 3.16. The second-order valence-electron chi connectivity index (χ2n) is 14.0. The van der Waals surface area contributed by atoms with Crippen molar-refractivity contribution >= 4 is 46.5 Å². The van der Waals surface area contributed by atoms with Crippen LogP contribution in [0.25, 0.3) is 0 Å². The Morgan fingerprint density at radius 2 is 1.16 bits per heavy atom. The molecule has 4 aromatic rings. The van der Waals surface area contributed by atoms with E-state index in [-0.39, 0.29) is 0 Å². The number of alkyl halides is 1. The van der Waals surface area contributed by atoms with Crippen molar-refractivity contribution in [3.63, 3.8) is 0 Å². The lowest BCUT2D eigenvalue weighted by molar-refractivity contribution is 0.148. The maximum atomic E-state index is 6.01. The zero-order chi connectivity index (χ0) is 41.0. The Hall–Kier alpha value is -4.79. The fourth-order valence-corrected chi connectivity index (χ4v) is 6.05. The minimum absolute atomic E-state index is 0.520. The zero-order valence-corrected chi connectivity index (χ0v) is 35.8. The van der Waals surface area contributed by atoms with Gasteiger partial charge in [-0.3, -0.25) is 0 Å². The molecule has 312 valence electrons. The van der Waals surface area contributed by atoms with Gasteiger partial charge in [0.05, 0.1) is 27.4 Å². The summed E-state index contributed by atoms with van der Waals surface area (Å²) in [6.45, 7) is 6.10. The highest BCUT2D eigenvalue weighted by Crippen LogP contribution is 2.33. The third-order valence-electron chi connectivity index (χ3n) is 9.72. The molecule has 5 N–H and O–H groups in total. The minimum atomic E-state index is 0.520. The summed E-state index contributed by atoms with van der Waals surface area (Å²) in [5.41, 5.74) is 3.44. The van der Waals surface area contributed by atoms with E-state index in [2.05, 4.69) is 58.5 Å². The minimum Gasteiger partial charge on any atom is -0.493 e. The van der Waals surface area contributed by atoms with Gasteiger partial charge in [-0.25, -0.2) is 9.97 Å². The third-order valence-corrected chi connectivity index (χ3v) is 9.99. The summed E-state index contributed by atoms with van der Waals surface area (Å²) in [4.78, 5) is 20.1. The van der Waals surface area contributed by atoms with Crippen molar-refractivity contribution < 1.29 is 18.9 Å².